The number of ether oxygens (including phenoxy) is 1. The number of esters is 1. The summed E-state index contributed by atoms with van der Waals surface area (Å²) in [6.45, 7) is 2.04. The van der Waals surface area contributed by atoms with E-state index in [4.69, 9.17) is 4.74 Å². The topological polar surface area (TPSA) is 59.5 Å². The molecule has 1 fully saturated rings. The summed E-state index contributed by atoms with van der Waals surface area (Å²) in [7, 11) is 1.81. The van der Waals surface area contributed by atoms with Crippen molar-refractivity contribution >= 4 is 35.0 Å². The fourth-order valence-corrected chi connectivity index (χ4v) is 4.97. The molecular weight excluding hydrogens is 392 g/mol. The number of likely N-dealkylation sites (N-methyl/N-ethyl adjacent to an activating group) is 1. The van der Waals surface area contributed by atoms with E-state index in [9.17, 15) is 9.59 Å². The van der Waals surface area contributed by atoms with Gasteiger partial charge in [0.25, 0.3) is 5.91 Å². The van der Waals surface area contributed by atoms with Gasteiger partial charge in [-0.05, 0) is 43.7 Å². The minimum Gasteiger partial charge on any atom is -0.452 e. The maximum atomic E-state index is 12.6. The van der Waals surface area contributed by atoms with Gasteiger partial charge in [0.1, 0.15) is 0 Å². The first kappa shape index (κ1) is 20.9. The van der Waals surface area contributed by atoms with E-state index in [0.29, 0.717) is 11.3 Å². The Kier molecular flexibility index (Phi) is 7.50. The lowest BCUT2D eigenvalue weighted by Crippen LogP contribution is -2.41. The Labute approximate surface area is 174 Å². The highest BCUT2D eigenvalue weighted by molar-refractivity contribution is 7.98. The molecule has 2 aromatic rings. The Morgan fingerprint density at radius 3 is 2.71 bits per heavy atom. The molecule has 0 bridgehead atoms. The monoisotopic (exact) mass is 418 g/mol. The van der Waals surface area contributed by atoms with Crippen molar-refractivity contribution in [2.75, 3.05) is 13.7 Å². The first-order chi connectivity index (χ1) is 13.5. The van der Waals surface area contributed by atoms with Crippen LogP contribution in [0.1, 0.15) is 48.7 Å². The molecule has 1 saturated carbocycles. The van der Waals surface area contributed by atoms with Gasteiger partial charge in [-0.25, -0.2) is 9.78 Å². The summed E-state index contributed by atoms with van der Waals surface area (Å²) >= 11 is 3.10. The lowest BCUT2D eigenvalue weighted by atomic mass is 9.87. The predicted molar refractivity (Wildman–Crippen MR) is 113 cm³/mol. The van der Waals surface area contributed by atoms with Crippen LogP contribution in [0.15, 0.2) is 40.1 Å². The molecule has 150 valence electrons. The van der Waals surface area contributed by atoms with Crippen LogP contribution in [0.25, 0.3) is 0 Å². The van der Waals surface area contributed by atoms with Gasteiger partial charge in [-0.3, -0.25) is 4.79 Å². The summed E-state index contributed by atoms with van der Waals surface area (Å²) in [5.74, 6) is 0.826. The number of rotatable bonds is 7. The highest BCUT2D eigenvalue weighted by Gasteiger charge is 2.25. The quantitative estimate of drug-likeness (QED) is 0.485. The van der Waals surface area contributed by atoms with E-state index in [1.807, 2.05) is 24.6 Å². The van der Waals surface area contributed by atoms with Crippen molar-refractivity contribution in [2.45, 2.75) is 49.3 Å². The summed E-state index contributed by atoms with van der Waals surface area (Å²) in [5.41, 5.74) is 3.27. The van der Waals surface area contributed by atoms with Crippen LogP contribution < -0.4 is 0 Å². The number of amides is 1. The number of hydrogen-bond donors (Lipinski definition) is 0. The second-order valence-electron chi connectivity index (χ2n) is 7.26. The molecule has 0 N–H and O–H groups in total. The van der Waals surface area contributed by atoms with Crippen molar-refractivity contribution in [1.29, 1.82) is 0 Å². The molecule has 7 heteroatoms. The smallest absolute Gasteiger partial charge is 0.339 e. The lowest BCUT2D eigenvalue weighted by Gasteiger charge is -2.33. The Morgan fingerprint density at radius 2 is 2.00 bits per heavy atom. The zero-order valence-electron chi connectivity index (χ0n) is 16.3. The molecule has 28 heavy (non-hydrogen) atoms. The highest BCUT2D eigenvalue weighted by Crippen LogP contribution is 2.28. The van der Waals surface area contributed by atoms with Gasteiger partial charge in [0, 0.05) is 29.1 Å². The Hall–Kier alpha value is -1.86. The van der Waals surface area contributed by atoms with E-state index < -0.39 is 5.97 Å². The number of carbonyl (C=O) groups is 2. The first-order valence-corrected chi connectivity index (χ1v) is 11.5. The van der Waals surface area contributed by atoms with E-state index in [2.05, 4.69) is 11.9 Å². The first-order valence-electron chi connectivity index (χ1n) is 9.56. The molecule has 0 unspecified atom stereocenters. The van der Waals surface area contributed by atoms with E-state index in [1.165, 1.54) is 0 Å². The average molecular weight is 419 g/mol. The summed E-state index contributed by atoms with van der Waals surface area (Å²) in [6.07, 6.45) is 4.33. The van der Waals surface area contributed by atoms with E-state index >= 15 is 0 Å². The summed E-state index contributed by atoms with van der Waals surface area (Å²) in [6, 6.07) is 7.58. The van der Waals surface area contributed by atoms with Crippen LogP contribution in [0.5, 0.6) is 0 Å². The number of carbonyl (C=O) groups excluding carboxylic acids is 2. The molecular formula is C21H26N2O3S2. The molecule has 0 atom stereocenters. The van der Waals surface area contributed by atoms with Crippen molar-refractivity contribution in [3.8, 4) is 0 Å². The van der Waals surface area contributed by atoms with Gasteiger partial charge in [-0.15, -0.1) is 23.1 Å². The van der Waals surface area contributed by atoms with Gasteiger partial charge in [-0.1, -0.05) is 19.1 Å². The van der Waals surface area contributed by atoms with Gasteiger partial charge in [-0.2, -0.15) is 0 Å². The van der Waals surface area contributed by atoms with Crippen LogP contribution >= 0.6 is 23.1 Å². The van der Waals surface area contributed by atoms with Crippen molar-refractivity contribution in [2.24, 2.45) is 5.92 Å². The van der Waals surface area contributed by atoms with Crippen LogP contribution in [0.2, 0.25) is 0 Å². The lowest BCUT2D eigenvalue weighted by molar-refractivity contribution is -0.136. The second-order valence-corrected chi connectivity index (χ2v) is 8.99. The number of thiazole rings is 1. The van der Waals surface area contributed by atoms with E-state index in [1.54, 1.807) is 45.6 Å². The van der Waals surface area contributed by atoms with Gasteiger partial charge >= 0.3 is 5.97 Å². The van der Waals surface area contributed by atoms with Crippen molar-refractivity contribution in [3.05, 3.63) is 46.4 Å². The van der Waals surface area contributed by atoms with E-state index in [-0.39, 0.29) is 18.6 Å². The molecule has 1 aliphatic rings. The van der Waals surface area contributed by atoms with Crippen LogP contribution in [0.4, 0.5) is 0 Å². The Balaban J connectivity index is 1.53. The molecule has 1 aromatic heterocycles. The van der Waals surface area contributed by atoms with Crippen molar-refractivity contribution < 1.29 is 14.3 Å². The maximum absolute atomic E-state index is 12.6. The summed E-state index contributed by atoms with van der Waals surface area (Å²) in [5, 5.41) is 1.99. The van der Waals surface area contributed by atoms with Crippen molar-refractivity contribution in [3.63, 3.8) is 0 Å². The molecule has 1 amide bonds. The third kappa shape index (κ3) is 5.58. The summed E-state index contributed by atoms with van der Waals surface area (Å²) < 4.78 is 5.34. The largest absolute Gasteiger partial charge is 0.452 e. The minimum absolute atomic E-state index is 0.138. The van der Waals surface area contributed by atoms with Crippen molar-refractivity contribution in [1.82, 2.24) is 9.88 Å². The molecule has 0 radical (unpaired) electrons. The molecule has 5 nitrogen and oxygen atoms in total. The SMILES string of the molecule is CC1CCC(N(C)C(=O)COC(=O)c2ccccc2SCc2cscn2)CC1. The van der Waals surface area contributed by atoms with Crippen LogP contribution in [0.3, 0.4) is 0 Å². The molecule has 1 aliphatic carbocycles. The van der Waals surface area contributed by atoms with E-state index in [0.717, 1.165) is 42.2 Å². The predicted octanol–water partition coefficient (Wildman–Crippen LogP) is 4.63. The maximum Gasteiger partial charge on any atom is 0.339 e. The third-order valence-electron chi connectivity index (χ3n) is 5.22. The Bertz CT molecular complexity index is 787. The zero-order chi connectivity index (χ0) is 19.9. The Morgan fingerprint density at radius 1 is 1.25 bits per heavy atom. The molecule has 1 aromatic carbocycles. The molecule has 0 saturated heterocycles. The van der Waals surface area contributed by atoms with Crippen LogP contribution in [-0.4, -0.2) is 41.5 Å². The minimum atomic E-state index is -0.458. The number of benzene rings is 1. The second kappa shape index (κ2) is 10.1. The molecule has 3 rings (SSSR count). The normalized spacial score (nSPS) is 19.2. The van der Waals surface area contributed by atoms with Gasteiger partial charge in [0.15, 0.2) is 6.61 Å². The number of aromatic nitrogens is 1. The fourth-order valence-electron chi connectivity index (χ4n) is 3.36. The number of thioether (sulfide) groups is 1. The number of nitrogens with zero attached hydrogens (tertiary/aromatic N) is 2. The molecule has 1 heterocycles. The standard InChI is InChI=1S/C21H26N2O3S2/c1-15-7-9-17(10-8-15)23(2)20(24)11-26-21(25)18-5-3-4-6-19(18)28-13-16-12-27-14-22-16/h3-6,12,14-15,17H,7-11,13H2,1-2H3. The third-order valence-corrected chi connectivity index (χ3v) is 6.96. The number of hydrogen-bond acceptors (Lipinski definition) is 6. The molecule has 0 aliphatic heterocycles. The van der Waals surface area contributed by atoms with Crippen LogP contribution in [-0.2, 0) is 15.3 Å². The van der Waals surface area contributed by atoms with Gasteiger partial charge in [0.2, 0.25) is 0 Å². The average Bonchev–Trinajstić information content (AvgIpc) is 3.24. The fraction of sp³-hybridized carbons (Fsp3) is 0.476. The van der Waals surface area contributed by atoms with Gasteiger partial charge in [0.05, 0.1) is 16.8 Å². The van der Waals surface area contributed by atoms with Gasteiger partial charge < -0.3 is 9.64 Å². The molecule has 0 spiro atoms. The zero-order valence-corrected chi connectivity index (χ0v) is 17.9. The summed E-state index contributed by atoms with van der Waals surface area (Å²) in [4.78, 5) is 31.9. The highest BCUT2D eigenvalue weighted by atomic mass is 32.2. The van der Waals surface area contributed by atoms with Crippen LogP contribution in [0, 0.1) is 5.92 Å².